The molecule has 3 aromatic rings. The van der Waals surface area contributed by atoms with Crippen molar-refractivity contribution in [2.75, 3.05) is 0 Å². The molecule has 0 saturated heterocycles. The van der Waals surface area contributed by atoms with Gasteiger partial charge in [-0.25, -0.2) is 9.59 Å². The smallest absolute Gasteiger partial charge is 0.405 e. The highest BCUT2D eigenvalue weighted by Gasteiger charge is 2.21. The van der Waals surface area contributed by atoms with Gasteiger partial charge in [-0.1, -0.05) is 84.9 Å². The summed E-state index contributed by atoms with van der Waals surface area (Å²) in [5, 5.41) is 0. The third kappa shape index (κ3) is 4.67. The maximum atomic E-state index is 11.4. The average molecular weight is 376 g/mol. The number of hydrogen-bond donors (Lipinski definition) is 2. The number of primary amides is 2. The maximum Gasteiger partial charge on any atom is 0.405 e. The van der Waals surface area contributed by atoms with Crippen molar-refractivity contribution in [1.29, 1.82) is 0 Å². The molecule has 3 aromatic carbocycles. The number of amides is 2. The van der Waals surface area contributed by atoms with E-state index in [9.17, 15) is 9.59 Å². The summed E-state index contributed by atoms with van der Waals surface area (Å²) in [6, 6.07) is 25.8. The van der Waals surface area contributed by atoms with Gasteiger partial charge in [0.1, 0.15) is 0 Å². The molecule has 0 aliphatic carbocycles. The van der Waals surface area contributed by atoms with Crippen molar-refractivity contribution in [3.05, 3.63) is 107 Å². The van der Waals surface area contributed by atoms with E-state index in [1.54, 1.807) is 24.3 Å². The highest BCUT2D eigenvalue weighted by molar-refractivity contribution is 5.66. The Morgan fingerprint density at radius 2 is 0.821 bits per heavy atom. The van der Waals surface area contributed by atoms with Crippen LogP contribution >= 0.6 is 0 Å². The largest absolute Gasteiger partial charge is 0.437 e. The summed E-state index contributed by atoms with van der Waals surface area (Å²) in [4.78, 5) is 22.7. The third-order valence-electron chi connectivity index (χ3n) is 4.21. The van der Waals surface area contributed by atoms with Crippen LogP contribution in [0, 0.1) is 0 Å². The van der Waals surface area contributed by atoms with Crippen LogP contribution in [0.3, 0.4) is 0 Å². The molecule has 4 N–H and O–H groups in total. The average Bonchev–Trinajstić information content (AvgIpc) is 2.71. The maximum absolute atomic E-state index is 11.4. The van der Waals surface area contributed by atoms with Gasteiger partial charge in [0.15, 0.2) is 12.2 Å². The number of hydrogen-bond acceptors (Lipinski definition) is 4. The molecule has 6 heteroatoms. The number of carbonyl (C=O) groups is 2. The van der Waals surface area contributed by atoms with Gasteiger partial charge in [-0.15, -0.1) is 0 Å². The van der Waals surface area contributed by atoms with E-state index in [1.165, 1.54) is 0 Å². The van der Waals surface area contributed by atoms with Crippen molar-refractivity contribution in [1.82, 2.24) is 0 Å². The van der Waals surface area contributed by atoms with E-state index in [4.69, 9.17) is 20.9 Å². The Labute approximate surface area is 162 Å². The fourth-order valence-corrected chi connectivity index (χ4v) is 2.99. The number of rotatable bonds is 6. The zero-order valence-electron chi connectivity index (χ0n) is 15.0. The number of carbonyl (C=O) groups excluding carboxylic acids is 2. The van der Waals surface area contributed by atoms with Gasteiger partial charge in [0.05, 0.1) is 0 Å². The van der Waals surface area contributed by atoms with Gasteiger partial charge in [-0.2, -0.15) is 0 Å². The molecule has 0 heterocycles. The molecule has 0 radical (unpaired) electrons. The standard InChI is InChI=1S/C22H20N2O4/c23-21(25)27-19(15-7-3-1-4-8-15)17-11-13-18(14-12-17)20(28-22(24)26)16-9-5-2-6-10-16/h1-14,19-20H,(H2,23,25)(H2,24,26). The Bertz CT molecular complexity index is 849. The minimum atomic E-state index is -0.864. The van der Waals surface area contributed by atoms with Crippen molar-refractivity contribution in [2.24, 2.45) is 11.5 Å². The number of ether oxygens (including phenoxy) is 2. The molecule has 0 aromatic heterocycles. The van der Waals surface area contributed by atoms with Crippen LogP contribution in [0.2, 0.25) is 0 Å². The first-order valence-corrected chi connectivity index (χ1v) is 8.66. The van der Waals surface area contributed by atoms with Crippen LogP contribution in [0.25, 0.3) is 0 Å². The Morgan fingerprint density at radius 3 is 1.11 bits per heavy atom. The summed E-state index contributed by atoms with van der Waals surface area (Å²) in [6.07, 6.45) is -3.01. The van der Waals surface area contributed by atoms with E-state index in [-0.39, 0.29) is 0 Å². The minimum Gasteiger partial charge on any atom is -0.437 e. The molecule has 2 amide bonds. The summed E-state index contributed by atoms with van der Waals surface area (Å²) < 4.78 is 10.6. The van der Waals surface area contributed by atoms with Crippen LogP contribution in [0.4, 0.5) is 9.59 Å². The van der Waals surface area contributed by atoms with E-state index < -0.39 is 24.4 Å². The predicted molar refractivity (Wildman–Crippen MR) is 104 cm³/mol. The van der Waals surface area contributed by atoms with Gasteiger partial charge in [0.25, 0.3) is 0 Å². The van der Waals surface area contributed by atoms with Crippen LogP contribution in [-0.4, -0.2) is 12.2 Å². The zero-order valence-corrected chi connectivity index (χ0v) is 15.0. The van der Waals surface area contributed by atoms with E-state index in [2.05, 4.69) is 0 Å². The zero-order chi connectivity index (χ0) is 19.9. The molecular formula is C22H20N2O4. The second kappa shape index (κ2) is 8.73. The van der Waals surface area contributed by atoms with Gasteiger partial charge in [-0.05, 0) is 22.3 Å². The SMILES string of the molecule is NC(=O)OC(c1ccccc1)c1ccc(C(OC(N)=O)c2ccccc2)cc1. The number of benzene rings is 3. The molecule has 3 rings (SSSR count). The van der Waals surface area contributed by atoms with Gasteiger partial charge >= 0.3 is 12.2 Å². The fraction of sp³-hybridized carbons (Fsp3) is 0.0909. The Kier molecular flexibility index (Phi) is 5.91. The molecule has 0 aliphatic heterocycles. The first-order valence-electron chi connectivity index (χ1n) is 8.66. The Morgan fingerprint density at radius 1 is 0.536 bits per heavy atom. The molecule has 2 atom stereocenters. The lowest BCUT2D eigenvalue weighted by Crippen LogP contribution is -2.19. The molecular weight excluding hydrogens is 356 g/mol. The lowest BCUT2D eigenvalue weighted by atomic mass is 9.96. The first-order chi connectivity index (χ1) is 13.5. The van der Waals surface area contributed by atoms with Crippen molar-refractivity contribution in [3.8, 4) is 0 Å². The lowest BCUT2D eigenvalue weighted by molar-refractivity contribution is 0.124. The van der Waals surface area contributed by atoms with Crippen molar-refractivity contribution in [3.63, 3.8) is 0 Å². The molecule has 0 fully saturated rings. The highest BCUT2D eigenvalue weighted by atomic mass is 16.6. The molecule has 0 spiro atoms. The molecule has 6 nitrogen and oxygen atoms in total. The molecule has 2 unspecified atom stereocenters. The highest BCUT2D eigenvalue weighted by Crippen LogP contribution is 2.30. The van der Waals surface area contributed by atoms with Crippen molar-refractivity contribution < 1.29 is 19.1 Å². The normalized spacial score (nSPS) is 12.6. The third-order valence-corrected chi connectivity index (χ3v) is 4.21. The van der Waals surface area contributed by atoms with Gasteiger partial charge < -0.3 is 20.9 Å². The summed E-state index contributed by atoms with van der Waals surface area (Å²) in [5.41, 5.74) is 13.5. The molecule has 28 heavy (non-hydrogen) atoms. The van der Waals surface area contributed by atoms with Crippen molar-refractivity contribution >= 4 is 12.2 Å². The number of nitrogens with two attached hydrogens (primary N) is 2. The predicted octanol–water partition coefficient (Wildman–Crippen LogP) is 4.06. The summed E-state index contributed by atoms with van der Waals surface area (Å²) >= 11 is 0. The summed E-state index contributed by atoms with van der Waals surface area (Å²) in [5.74, 6) is 0. The Hall–Kier alpha value is -3.80. The Balaban J connectivity index is 1.93. The first kappa shape index (κ1) is 19.0. The van der Waals surface area contributed by atoms with Gasteiger partial charge in [0.2, 0.25) is 0 Å². The van der Waals surface area contributed by atoms with Crippen LogP contribution in [0.15, 0.2) is 84.9 Å². The topological polar surface area (TPSA) is 105 Å². The quantitative estimate of drug-likeness (QED) is 0.677. The molecule has 142 valence electrons. The van der Waals surface area contributed by atoms with E-state index in [0.29, 0.717) is 0 Å². The monoisotopic (exact) mass is 376 g/mol. The summed E-state index contributed by atoms with van der Waals surface area (Å²) in [7, 11) is 0. The van der Waals surface area contributed by atoms with Crippen molar-refractivity contribution in [2.45, 2.75) is 12.2 Å². The second-order valence-corrected chi connectivity index (χ2v) is 6.12. The van der Waals surface area contributed by atoms with Gasteiger partial charge in [0, 0.05) is 0 Å². The minimum absolute atomic E-state index is 0.639. The molecule has 0 aliphatic rings. The molecule has 0 bridgehead atoms. The second-order valence-electron chi connectivity index (χ2n) is 6.12. The van der Waals surface area contributed by atoms with Crippen LogP contribution in [0.1, 0.15) is 34.5 Å². The van der Waals surface area contributed by atoms with E-state index in [0.717, 1.165) is 22.3 Å². The van der Waals surface area contributed by atoms with Crippen LogP contribution in [-0.2, 0) is 9.47 Å². The van der Waals surface area contributed by atoms with E-state index in [1.807, 2.05) is 60.7 Å². The summed E-state index contributed by atoms with van der Waals surface area (Å²) in [6.45, 7) is 0. The van der Waals surface area contributed by atoms with E-state index >= 15 is 0 Å². The lowest BCUT2D eigenvalue weighted by Gasteiger charge is -2.20. The van der Waals surface area contributed by atoms with Crippen LogP contribution in [0.5, 0.6) is 0 Å². The molecule has 0 saturated carbocycles. The van der Waals surface area contributed by atoms with Crippen LogP contribution < -0.4 is 11.5 Å². The van der Waals surface area contributed by atoms with Gasteiger partial charge in [-0.3, -0.25) is 0 Å². The fourth-order valence-electron chi connectivity index (χ4n) is 2.99.